The Bertz CT molecular complexity index is 1290. The Labute approximate surface area is 213 Å². The number of rotatable bonds is 5. The summed E-state index contributed by atoms with van der Waals surface area (Å²) in [6, 6.07) is 17.9. The summed E-state index contributed by atoms with van der Waals surface area (Å²) in [7, 11) is 0. The zero-order chi connectivity index (χ0) is 24.6. The topological polar surface area (TPSA) is 110 Å². The number of nitrogens with two attached hydrogens (primary N) is 1. The molecule has 36 heavy (non-hydrogen) atoms. The zero-order valence-corrected chi connectivity index (χ0v) is 20.4. The number of aromatic nitrogens is 1. The predicted molar refractivity (Wildman–Crippen MR) is 139 cm³/mol. The summed E-state index contributed by atoms with van der Waals surface area (Å²) < 4.78 is 5.89. The second-order valence-electron chi connectivity index (χ2n) is 9.32. The monoisotopic (exact) mass is 501 g/mol. The van der Waals surface area contributed by atoms with Crippen LogP contribution < -0.4 is 26.0 Å². The van der Waals surface area contributed by atoms with E-state index in [4.69, 9.17) is 10.5 Å². The van der Waals surface area contributed by atoms with E-state index in [9.17, 15) is 9.59 Å². The molecule has 3 aliphatic rings. The maximum absolute atomic E-state index is 13.3. The van der Waals surface area contributed by atoms with Crippen molar-refractivity contribution in [1.82, 2.24) is 15.6 Å². The van der Waals surface area contributed by atoms with Gasteiger partial charge in [-0.05, 0) is 55.3 Å². The van der Waals surface area contributed by atoms with Gasteiger partial charge in [0, 0.05) is 23.8 Å². The second-order valence-corrected chi connectivity index (χ2v) is 10.5. The first-order valence-corrected chi connectivity index (χ1v) is 13.1. The number of nitrogens with zero attached hydrogens (tertiary/aromatic N) is 2. The SMILES string of the molecule is N[C@@H]1CCCC[C@@H]1NC(=O)C1Sc2nccc3c2C1NC(=O)N3c1ccc(Oc2ccccc2)cc1. The molecule has 1 fully saturated rings. The van der Waals surface area contributed by atoms with Crippen molar-refractivity contribution in [2.45, 2.75) is 54.1 Å². The summed E-state index contributed by atoms with van der Waals surface area (Å²) in [5, 5.41) is 6.48. The Balaban J connectivity index is 1.24. The number of benzene rings is 2. The summed E-state index contributed by atoms with van der Waals surface area (Å²) in [6.45, 7) is 0. The van der Waals surface area contributed by atoms with E-state index in [2.05, 4.69) is 15.6 Å². The summed E-state index contributed by atoms with van der Waals surface area (Å²) in [4.78, 5) is 32.8. The fourth-order valence-corrected chi connectivity index (χ4v) is 6.41. The van der Waals surface area contributed by atoms with Crippen molar-refractivity contribution in [3.8, 4) is 11.5 Å². The van der Waals surface area contributed by atoms with Gasteiger partial charge in [0.25, 0.3) is 0 Å². The van der Waals surface area contributed by atoms with Crippen LogP contribution in [0, 0.1) is 0 Å². The Morgan fingerprint density at radius 1 is 1.06 bits per heavy atom. The van der Waals surface area contributed by atoms with Crippen LogP contribution in [0.1, 0.15) is 37.3 Å². The van der Waals surface area contributed by atoms with Crippen LogP contribution in [-0.2, 0) is 4.79 Å². The Hall–Kier alpha value is -3.56. The number of urea groups is 1. The highest BCUT2D eigenvalue weighted by Crippen LogP contribution is 2.50. The predicted octanol–water partition coefficient (Wildman–Crippen LogP) is 4.64. The number of pyridine rings is 1. The first-order valence-electron chi connectivity index (χ1n) is 12.2. The van der Waals surface area contributed by atoms with Crippen LogP contribution in [-0.4, -0.2) is 34.3 Å². The number of hydrogen-bond acceptors (Lipinski definition) is 6. The van der Waals surface area contributed by atoms with Crippen molar-refractivity contribution in [2.75, 3.05) is 4.90 Å². The van der Waals surface area contributed by atoms with Gasteiger partial charge in [0.05, 0.1) is 17.4 Å². The molecular formula is C27H27N5O3S. The molecule has 4 N–H and O–H groups in total. The molecule has 184 valence electrons. The highest BCUT2D eigenvalue weighted by Gasteiger charge is 2.47. The van der Waals surface area contributed by atoms with Gasteiger partial charge >= 0.3 is 6.03 Å². The quantitative estimate of drug-likeness (QED) is 0.470. The molecule has 2 unspecified atom stereocenters. The van der Waals surface area contributed by atoms with Crippen molar-refractivity contribution in [1.29, 1.82) is 0 Å². The van der Waals surface area contributed by atoms with Crippen molar-refractivity contribution in [2.24, 2.45) is 5.73 Å². The number of nitrogens with one attached hydrogen (secondary N) is 2. The number of anilines is 2. The van der Waals surface area contributed by atoms with Crippen LogP contribution in [0.2, 0.25) is 0 Å². The van der Waals surface area contributed by atoms with E-state index in [-0.39, 0.29) is 24.0 Å². The molecule has 0 spiro atoms. The summed E-state index contributed by atoms with van der Waals surface area (Å²) in [5.74, 6) is 1.31. The molecule has 4 atom stereocenters. The molecule has 1 saturated carbocycles. The maximum Gasteiger partial charge on any atom is 0.327 e. The van der Waals surface area contributed by atoms with Gasteiger partial charge in [-0.1, -0.05) is 42.8 Å². The van der Waals surface area contributed by atoms with Crippen LogP contribution in [0.25, 0.3) is 0 Å². The minimum Gasteiger partial charge on any atom is -0.457 e. The Morgan fingerprint density at radius 2 is 1.81 bits per heavy atom. The number of carbonyl (C=O) groups is 2. The molecule has 0 saturated heterocycles. The van der Waals surface area contributed by atoms with E-state index in [1.807, 2.05) is 60.7 Å². The lowest BCUT2D eigenvalue weighted by Gasteiger charge is -2.35. The fraction of sp³-hybridized carbons (Fsp3) is 0.296. The van der Waals surface area contributed by atoms with E-state index in [0.29, 0.717) is 11.4 Å². The van der Waals surface area contributed by atoms with Gasteiger partial charge in [-0.3, -0.25) is 9.69 Å². The lowest BCUT2D eigenvalue weighted by Crippen LogP contribution is -2.54. The second kappa shape index (κ2) is 9.48. The van der Waals surface area contributed by atoms with Gasteiger partial charge < -0.3 is 21.1 Å². The number of carbonyl (C=O) groups excluding carboxylic acids is 2. The highest BCUT2D eigenvalue weighted by molar-refractivity contribution is 8.01. The first-order chi connectivity index (χ1) is 17.6. The average molecular weight is 502 g/mol. The molecule has 3 aromatic rings. The number of thioether (sulfide) groups is 1. The minimum atomic E-state index is -0.490. The molecule has 9 heteroatoms. The molecule has 8 nitrogen and oxygen atoms in total. The van der Waals surface area contributed by atoms with Crippen LogP contribution in [0.3, 0.4) is 0 Å². The normalized spacial score (nSPS) is 24.6. The standard InChI is InChI=1S/C27H27N5O3S/c28-19-8-4-5-9-20(19)30-25(33)24-23-22-21(14-15-29-26(22)36-24)32(27(34)31-23)16-10-12-18(13-11-16)35-17-6-2-1-3-7-17/h1-3,6-7,10-15,19-20,23-24H,4-5,8-9,28H2,(H,30,33)(H,31,34)/t19-,20+,23?,24?/m1/s1. The molecule has 2 aromatic carbocycles. The molecule has 1 aliphatic carbocycles. The lowest BCUT2D eigenvalue weighted by molar-refractivity contribution is -0.122. The summed E-state index contributed by atoms with van der Waals surface area (Å²) >= 11 is 1.40. The number of hydrogen-bond donors (Lipinski definition) is 3. The Morgan fingerprint density at radius 3 is 2.58 bits per heavy atom. The van der Waals surface area contributed by atoms with Gasteiger partial charge in [0.1, 0.15) is 21.8 Å². The largest absolute Gasteiger partial charge is 0.457 e. The van der Waals surface area contributed by atoms with E-state index in [0.717, 1.165) is 47.7 Å². The van der Waals surface area contributed by atoms with Crippen molar-refractivity contribution in [3.63, 3.8) is 0 Å². The molecular weight excluding hydrogens is 474 g/mol. The van der Waals surface area contributed by atoms with Crippen molar-refractivity contribution < 1.29 is 14.3 Å². The van der Waals surface area contributed by atoms with Crippen molar-refractivity contribution in [3.05, 3.63) is 72.4 Å². The third-order valence-corrected chi connectivity index (χ3v) is 8.27. The van der Waals surface area contributed by atoms with E-state index in [1.165, 1.54) is 11.8 Å². The third-order valence-electron chi connectivity index (χ3n) is 6.99. The minimum absolute atomic E-state index is 0.0320. The van der Waals surface area contributed by atoms with Crippen LogP contribution >= 0.6 is 11.8 Å². The molecule has 3 amide bonds. The lowest BCUT2D eigenvalue weighted by atomic mass is 9.90. The smallest absolute Gasteiger partial charge is 0.327 e. The summed E-state index contributed by atoms with van der Waals surface area (Å²) in [6.07, 6.45) is 5.65. The molecule has 2 aliphatic heterocycles. The fourth-order valence-electron chi connectivity index (χ4n) is 5.17. The van der Waals surface area contributed by atoms with E-state index < -0.39 is 11.3 Å². The molecule has 0 bridgehead atoms. The number of ether oxygens (including phenoxy) is 1. The third kappa shape index (κ3) is 4.18. The highest BCUT2D eigenvalue weighted by atomic mass is 32.2. The van der Waals surface area contributed by atoms with Gasteiger partial charge in [0.15, 0.2) is 0 Å². The van der Waals surface area contributed by atoms with Crippen LogP contribution in [0.15, 0.2) is 71.9 Å². The van der Waals surface area contributed by atoms with Gasteiger partial charge in [0.2, 0.25) is 5.91 Å². The van der Waals surface area contributed by atoms with Gasteiger partial charge in [-0.2, -0.15) is 0 Å². The van der Waals surface area contributed by atoms with Crippen molar-refractivity contribution >= 4 is 35.1 Å². The number of para-hydroxylation sites is 1. The van der Waals surface area contributed by atoms with Crippen LogP contribution in [0.5, 0.6) is 11.5 Å². The molecule has 1 aromatic heterocycles. The summed E-state index contributed by atoms with van der Waals surface area (Å²) in [5.41, 5.74) is 8.56. The van der Waals surface area contributed by atoms with Crippen LogP contribution in [0.4, 0.5) is 16.2 Å². The molecule has 3 heterocycles. The maximum atomic E-state index is 13.3. The molecule has 0 radical (unpaired) electrons. The van der Waals surface area contributed by atoms with Gasteiger partial charge in [-0.25, -0.2) is 9.78 Å². The first kappa shape index (κ1) is 22.9. The average Bonchev–Trinajstić information content (AvgIpc) is 3.26. The number of amides is 3. The zero-order valence-electron chi connectivity index (χ0n) is 19.6. The Kier molecular flexibility index (Phi) is 6.02. The molecule has 6 rings (SSSR count). The van der Waals surface area contributed by atoms with Gasteiger partial charge in [-0.15, -0.1) is 0 Å². The van der Waals surface area contributed by atoms with E-state index >= 15 is 0 Å². The van der Waals surface area contributed by atoms with E-state index in [1.54, 1.807) is 11.1 Å².